The molecule has 22 heavy (non-hydrogen) atoms. The molecule has 0 aliphatic heterocycles. The molecule has 0 radical (unpaired) electrons. The molecule has 4 nitrogen and oxygen atoms in total. The highest BCUT2D eigenvalue weighted by Crippen LogP contribution is 2.26. The number of carbonyl (C=O) groups is 2. The summed E-state index contributed by atoms with van der Waals surface area (Å²) in [6.07, 6.45) is 0.955. The van der Waals surface area contributed by atoms with E-state index in [1.54, 1.807) is 18.4 Å². The first-order chi connectivity index (χ1) is 10.5. The fourth-order valence-corrected chi connectivity index (χ4v) is 3.59. The second kappa shape index (κ2) is 6.92. The van der Waals surface area contributed by atoms with Crippen LogP contribution in [-0.4, -0.2) is 35.0 Å². The molecule has 1 N–H and O–H groups in total. The van der Waals surface area contributed by atoms with Crippen molar-refractivity contribution in [2.75, 3.05) is 7.05 Å². The minimum atomic E-state index is -0.944. The van der Waals surface area contributed by atoms with Gasteiger partial charge in [-0.25, -0.2) is 4.79 Å². The summed E-state index contributed by atoms with van der Waals surface area (Å²) in [5.41, 5.74) is 0.964. The standard InChI is InChI=1S/C17H21NO3S/c1-4-11(2)16(17(20)21)18(3)15(19)9-12-10-22-14-8-6-5-7-13(12)14/h5-8,10-11,16H,4,9H2,1-3H3,(H,20,21)/t11-,16-/m0/s1. The van der Waals surface area contributed by atoms with Crippen molar-refractivity contribution >= 4 is 33.3 Å². The van der Waals surface area contributed by atoms with Crippen LogP contribution < -0.4 is 0 Å². The molecule has 0 aliphatic carbocycles. The van der Waals surface area contributed by atoms with Gasteiger partial charge in [0, 0.05) is 11.7 Å². The first-order valence-electron chi connectivity index (χ1n) is 7.39. The van der Waals surface area contributed by atoms with Gasteiger partial charge < -0.3 is 10.0 Å². The van der Waals surface area contributed by atoms with Crippen molar-refractivity contribution in [3.8, 4) is 0 Å². The molecule has 1 amide bonds. The Hall–Kier alpha value is -1.88. The van der Waals surface area contributed by atoms with E-state index in [2.05, 4.69) is 0 Å². The van der Waals surface area contributed by atoms with E-state index in [1.807, 2.05) is 43.5 Å². The van der Waals surface area contributed by atoms with E-state index in [1.165, 1.54) is 4.90 Å². The van der Waals surface area contributed by atoms with Gasteiger partial charge in [-0.15, -0.1) is 11.3 Å². The number of hydrogen-bond acceptors (Lipinski definition) is 3. The van der Waals surface area contributed by atoms with Crippen LogP contribution in [0.15, 0.2) is 29.6 Å². The summed E-state index contributed by atoms with van der Waals surface area (Å²) in [4.78, 5) is 25.3. The average molecular weight is 319 g/mol. The first-order valence-corrected chi connectivity index (χ1v) is 8.27. The van der Waals surface area contributed by atoms with Crippen LogP contribution in [0.2, 0.25) is 0 Å². The summed E-state index contributed by atoms with van der Waals surface area (Å²) in [5.74, 6) is -1.18. The number of hydrogen-bond donors (Lipinski definition) is 1. The highest BCUT2D eigenvalue weighted by Gasteiger charge is 2.31. The molecule has 1 aromatic heterocycles. The molecule has 0 bridgehead atoms. The summed E-state index contributed by atoms with van der Waals surface area (Å²) < 4.78 is 1.14. The van der Waals surface area contributed by atoms with Crippen LogP contribution in [-0.2, 0) is 16.0 Å². The average Bonchev–Trinajstić information content (AvgIpc) is 2.90. The second-order valence-electron chi connectivity index (χ2n) is 5.61. The van der Waals surface area contributed by atoms with Crippen molar-refractivity contribution in [1.82, 2.24) is 4.90 Å². The second-order valence-corrected chi connectivity index (χ2v) is 6.52. The zero-order chi connectivity index (χ0) is 16.3. The van der Waals surface area contributed by atoms with Crippen LogP contribution in [0, 0.1) is 5.92 Å². The van der Waals surface area contributed by atoms with E-state index in [-0.39, 0.29) is 18.2 Å². The third kappa shape index (κ3) is 3.30. The molecule has 0 spiro atoms. The van der Waals surface area contributed by atoms with Crippen LogP contribution in [0.1, 0.15) is 25.8 Å². The van der Waals surface area contributed by atoms with Gasteiger partial charge in [-0.3, -0.25) is 4.79 Å². The summed E-state index contributed by atoms with van der Waals surface area (Å²) in [6.45, 7) is 3.80. The van der Waals surface area contributed by atoms with Crippen LogP contribution in [0.25, 0.3) is 10.1 Å². The van der Waals surface area contributed by atoms with Crippen molar-refractivity contribution in [3.63, 3.8) is 0 Å². The van der Waals surface area contributed by atoms with E-state index >= 15 is 0 Å². The summed E-state index contributed by atoms with van der Waals surface area (Å²) in [7, 11) is 1.59. The molecular weight excluding hydrogens is 298 g/mol. The lowest BCUT2D eigenvalue weighted by Gasteiger charge is -2.29. The molecule has 0 saturated heterocycles. The number of carbonyl (C=O) groups excluding carboxylic acids is 1. The molecule has 0 saturated carbocycles. The lowest BCUT2D eigenvalue weighted by Crippen LogP contribution is -2.46. The number of carboxylic acid groups (broad SMARTS) is 1. The van der Waals surface area contributed by atoms with Gasteiger partial charge in [0.15, 0.2) is 0 Å². The highest BCUT2D eigenvalue weighted by molar-refractivity contribution is 7.17. The maximum atomic E-state index is 12.5. The van der Waals surface area contributed by atoms with Gasteiger partial charge in [-0.2, -0.15) is 0 Å². The number of amides is 1. The molecule has 0 fully saturated rings. The van der Waals surface area contributed by atoms with Gasteiger partial charge in [0.2, 0.25) is 5.91 Å². The molecule has 2 atom stereocenters. The number of nitrogens with zero attached hydrogens (tertiary/aromatic N) is 1. The smallest absolute Gasteiger partial charge is 0.326 e. The van der Waals surface area contributed by atoms with Gasteiger partial charge in [0.05, 0.1) is 6.42 Å². The third-order valence-electron chi connectivity index (χ3n) is 4.15. The zero-order valence-electron chi connectivity index (χ0n) is 13.1. The molecule has 0 aliphatic rings. The summed E-state index contributed by atoms with van der Waals surface area (Å²) in [6, 6.07) is 7.17. The Morgan fingerprint density at radius 1 is 1.32 bits per heavy atom. The quantitative estimate of drug-likeness (QED) is 0.888. The molecule has 2 rings (SSSR count). The van der Waals surface area contributed by atoms with E-state index < -0.39 is 12.0 Å². The van der Waals surface area contributed by atoms with E-state index in [4.69, 9.17) is 0 Å². The Bertz CT molecular complexity index is 679. The highest BCUT2D eigenvalue weighted by atomic mass is 32.1. The SMILES string of the molecule is CC[C@H](C)[C@@H](C(=O)O)N(C)C(=O)Cc1csc2ccccc12. The predicted octanol–water partition coefficient (Wildman–Crippen LogP) is 3.40. The van der Waals surface area contributed by atoms with Gasteiger partial charge in [0.25, 0.3) is 0 Å². The Balaban J connectivity index is 2.18. The topological polar surface area (TPSA) is 57.6 Å². The number of carboxylic acids is 1. The zero-order valence-corrected chi connectivity index (χ0v) is 13.9. The largest absolute Gasteiger partial charge is 0.480 e. The normalized spacial score (nSPS) is 13.8. The van der Waals surface area contributed by atoms with E-state index in [0.29, 0.717) is 0 Å². The van der Waals surface area contributed by atoms with Gasteiger partial charge in [-0.1, -0.05) is 38.5 Å². The third-order valence-corrected chi connectivity index (χ3v) is 5.16. The molecule has 0 unspecified atom stereocenters. The lowest BCUT2D eigenvalue weighted by molar-refractivity contribution is -0.151. The van der Waals surface area contributed by atoms with Gasteiger partial charge >= 0.3 is 5.97 Å². The maximum absolute atomic E-state index is 12.5. The van der Waals surface area contributed by atoms with Crippen molar-refractivity contribution in [2.24, 2.45) is 5.92 Å². The van der Waals surface area contributed by atoms with Crippen LogP contribution in [0.4, 0.5) is 0 Å². The fourth-order valence-electron chi connectivity index (χ4n) is 2.63. The minimum Gasteiger partial charge on any atom is -0.480 e. The van der Waals surface area contributed by atoms with Crippen LogP contribution in [0.3, 0.4) is 0 Å². The van der Waals surface area contributed by atoms with Crippen molar-refractivity contribution in [3.05, 3.63) is 35.2 Å². The lowest BCUT2D eigenvalue weighted by atomic mass is 9.97. The molecule has 2 aromatic rings. The maximum Gasteiger partial charge on any atom is 0.326 e. The molecule has 5 heteroatoms. The van der Waals surface area contributed by atoms with Crippen LogP contribution in [0.5, 0.6) is 0 Å². The monoisotopic (exact) mass is 319 g/mol. The molecule has 1 heterocycles. The van der Waals surface area contributed by atoms with Gasteiger partial charge in [-0.05, 0) is 28.3 Å². The Kier molecular flexibility index (Phi) is 5.19. The Labute approximate surface area is 134 Å². The van der Waals surface area contributed by atoms with E-state index in [9.17, 15) is 14.7 Å². The van der Waals surface area contributed by atoms with Crippen molar-refractivity contribution in [1.29, 1.82) is 0 Å². The van der Waals surface area contributed by atoms with Crippen molar-refractivity contribution < 1.29 is 14.7 Å². The molecule has 1 aromatic carbocycles. The summed E-state index contributed by atoms with van der Waals surface area (Å²) in [5, 5.41) is 12.5. The fraction of sp³-hybridized carbons (Fsp3) is 0.412. The number of aliphatic carboxylic acids is 1. The number of benzene rings is 1. The Morgan fingerprint density at radius 3 is 2.64 bits per heavy atom. The number of rotatable bonds is 6. The van der Waals surface area contributed by atoms with E-state index in [0.717, 1.165) is 22.1 Å². The Morgan fingerprint density at radius 2 is 2.00 bits per heavy atom. The predicted molar refractivity (Wildman–Crippen MR) is 89.2 cm³/mol. The van der Waals surface area contributed by atoms with Crippen molar-refractivity contribution in [2.45, 2.75) is 32.7 Å². The number of likely N-dealkylation sites (N-methyl/N-ethyl adjacent to an activating group) is 1. The van der Waals surface area contributed by atoms with Gasteiger partial charge in [0.1, 0.15) is 6.04 Å². The molecular formula is C17H21NO3S. The van der Waals surface area contributed by atoms with Crippen LogP contribution >= 0.6 is 11.3 Å². The number of thiophene rings is 1. The molecule has 118 valence electrons. The number of fused-ring (bicyclic) bond motifs is 1. The summed E-state index contributed by atoms with van der Waals surface area (Å²) >= 11 is 1.61. The first kappa shape index (κ1) is 16.5. The minimum absolute atomic E-state index is 0.0781.